The van der Waals surface area contributed by atoms with Gasteiger partial charge in [-0.15, -0.1) is 0 Å². The monoisotopic (exact) mass is 398 g/mol. The van der Waals surface area contributed by atoms with Gasteiger partial charge in [0, 0.05) is 0 Å². The van der Waals surface area contributed by atoms with Crippen LogP contribution in [0.3, 0.4) is 0 Å². The molecule has 1 N–H and O–H groups in total. The number of aliphatic hydroxyl groups is 1. The minimum Gasteiger partial charge on any atom is -0.414 e. The summed E-state index contributed by atoms with van der Waals surface area (Å²) in [4.78, 5) is 0. The van der Waals surface area contributed by atoms with Crippen LogP contribution in [0.2, 0.25) is 36.3 Å². The summed E-state index contributed by atoms with van der Waals surface area (Å²) < 4.78 is 46.2. The van der Waals surface area contributed by atoms with Gasteiger partial charge in [0.2, 0.25) is 6.29 Å². The van der Waals surface area contributed by atoms with Gasteiger partial charge in [0.15, 0.2) is 16.6 Å². The van der Waals surface area contributed by atoms with E-state index in [9.17, 15) is 13.9 Å². The lowest BCUT2D eigenvalue weighted by atomic mass is 10.1. The number of hydrogen-bond donors (Lipinski definition) is 1. The molecular weight excluding hydrogens is 362 g/mol. The molecule has 1 unspecified atom stereocenters. The second kappa shape index (κ2) is 6.94. The average molecular weight is 399 g/mol. The topological polar surface area (TPSA) is 47.9 Å². The Morgan fingerprint density at radius 2 is 1.40 bits per heavy atom. The van der Waals surface area contributed by atoms with Crippen molar-refractivity contribution in [2.75, 3.05) is 6.61 Å². The first kappa shape index (κ1) is 23.2. The van der Waals surface area contributed by atoms with E-state index in [1.807, 2.05) is 33.9 Å². The number of halogens is 2. The maximum atomic E-state index is 14.5. The summed E-state index contributed by atoms with van der Waals surface area (Å²) in [5.41, 5.74) is 0. The molecule has 3 atom stereocenters. The van der Waals surface area contributed by atoms with Gasteiger partial charge in [-0.2, -0.15) is 8.78 Å². The van der Waals surface area contributed by atoms with Gasteiger partial charge < -0.3 is 18.7 Å². The fourth-order valence-electron chi connectivity index (χ4n) is 2.00. The van der Waals surface area contributed by atoms with Crippen molar-refractivity contribution in [2.24, 2.45) is 0 Å². The Morgan fingerprint density at radius 3 is 1.80 bits per heavy atom. The fraction of sp³-hybridized carbons (Fsp3) is 1.00. The molecule has 1 fully saturated rings. The summed E-state index contributed by atoms with van der Waals surface area (Å²) in [6.45, 7) is 20.2. The molecule has 0 radical (unpaired) electrons. The molecule has 1 heterocycles. The molecule has 0 aromatic heterocycles. The average Bonchev–Trinajstić information content (AvgIpc) is 2.57. The lowest BCUT2D eigenvalue weighted by Gasteiger charge is -2.41. The zero-order chi connectivity index (χ0) is 20.1. The molecule has 0 aliphatic carbocycles. The summed E-state index contributed by atoms with van der Waals surface area (Å²) in [5, 5.41) is 9.45. The van der Waals surface area contributed by atoms with E-state index < -0.39 is 41.1 Å². The molecule has 4 nitrogen and oxygen atoms in total. The van der Waals surface area contributed by atoms with Crippen molar-refractivity contribution in [1.29, 1.82) is 0 Å². The number of ether oxygens (including phenoxy) is 1. The molecule has 8 heteroatoms. The van der Waals surface area contributed by atoms with Gasteiger partial charge in [-0.1, -0.05) is 41.5 Å². The Hall–Kier alpha value is 0.134. The van der Waals surface area contributed by atoms with E-state index in [1.165, 1.54) is 0 Å². The molecular formula is C17H36F2O4Si2. The number of hydrogen-bond acceptors (Lipinski definition) is 4. The molecule has 1 saturated heterocycles. The molecule has 1 aliphatic heterocycles. The highest BCUT2D eigenvalue weighted by molar-refractivity contribution is 6.74. The highest BCUT2D eigenvalue weighted by Crippen LogP contribution is 2.44. The highest BCUT2D eigenvalue weighted by atomic mass is 28.4. The zero-order valence-corrected chi connectivity index (χ0v) is 19.4. The van der Waals surface area contributed by atoms with Crippen LogP contribution in [0.4, 0.5) is 8.78 Å². The van der Waals surface area contributed by atoms with Crippen LogP contribution in [-0.2, 0) is 13.6 Å². The van der Waals surface area contributed by atoms with Crippen molar-refractivity contribution in [3.8, 4) is 0 Å². The van der Waals surface area contributed by atoms with Gasteiger partial charge in [-0.05, 0) is 36.3 Å². The Kier molecular flexibility index (Phi) is 6.43. The summed E-state index contributed by atoms with van der Waals surface area (Å²) in [6.07, 6.45) is -4.63. The molecule has 0 aromatic rings. The maximum Gasteiger partial charge on any atom is 0.324 e. The van der Waals surface area contributed by atoms with Crippen molar-refractivity contribution in [2.45, 2.75) is 102 Å². The number of alkyl halides is 2. The van der Waals surface area contributed by atoms with Crippen molar-refractivity contribution in [3.05, 3.63) is 0 Å². The molecule has 0 saturated carbocycles. The standard InChI is InChI=1S/C17H36F2O4Si2/c1-15(2,3)24(7,8)21-11-12-13(17(18,19)14(20)22-12)23-25(9,10)16(4,5)6/h12-14,20H,11H2,1-10H3/t12-,13-,14?/m1/s1. The van der Waals surface area contributed by atoms with Crippen LogP contribution in [0.1, 0.15) is 41.5 Å². The second-order valence-electron chi connectivity index (χ2n) is 10.1. The molecule has 1 rings (SSSR count). The molecule has 1 aliphatic rings. The van der Waals surface area contributed by atoms with Crippen molar-refractivity contribution >= 4 is 16.6 Å². The Labute approximate surface area is 153 Å². The van der Waals surface area contributed by atoms with Gasteiger partial charge in [-0.25, -0.2) is 0 Å². The first-order chi connectivity index (χ1) is 10.8. The Morgan fingerprint density at radius 1 is 0.960 bits per heavy atom. The third-order valence-corrected chi connectivity index (χ3v) is 14.9. The number of rotatable bonds is 5. The predicted octanol–water partition coefficient (Wildman–Crippen LogP) is 4.75. The van der Waals surface area contributed by atoms with Crippen LogP contribution in [-0.4, -0.2) is 52.8 Å². The molecule has 0 aromatic carbocycles. The molecule has 25 heavy (non-hydrogen) atoms. The van der Waals surface area contributed by atoms with E-state index in [0.717, 1.165) is 0 Å². The van der Waals surface area contributed by atoms with E-state index in [2.05, 4.69) is 33.9 Å². The van der Waals surface area contributed by atoms with Gasteiger partial charge in [-0.3, -0.25) is 0 Å². The van der Waals surface area contributed by atoms with Gasteiger partial charge in [0.05, 0.1) is 6.61 Å². The lowest BCUT2D eigenvalue weighted by molar-refractivity contribution is -0.197. The smallest absolute Gasteiger partial charge is 0.324 e. The third-order valence-electron chi connectivity index (χ3n) is 5.99. The zero-order valence-electron chi connectivity index (χ0n) is 17.4. The lowest BCUT2D eigenvalue weighted by Crippen LogP contribution is -2.53. The largest absolute Gasteiger partial charge is 0.414 e. The summed E-state index contributed by atoms with van der Waals surface area (Å²) in [5.74, 6) is -3.45. The van der Waals surface area contributed by atoms with Crippen molar-refractivity contribution in [1.82, 2.24) is 0 Å². The van der Waals surface area contributed by atoms with E-state index in [1.54, 1.807) is 0 Å². The highest BCUT2D eigenvalue weighted by Gasteiger charge is 2.61. The van der Waals surface area contributed by atoms with E-state index >= 15 is 0 Å². The third kappa shape index (κ3) is 4.90. The van der Waals surface area contributed by atoms with Crippen LogP contribution < -0.4 is 0 Å². The summed E-state index contributed by atoms with van der Waals surface area (Å²) >= 11 is 0. The Balaban J connectivity index is 2.98. The minimum absolute atomic E-state index is 0.00241. The second-order valence-corrected chi connectivity index (χ2v) is 19.6. The fourth-order valence-corrected chi connectivity index (χ4v) is 4.31. The van der Waals surface area contributed by atoms with Gasteiger partial charge >= 0.3 is 5.92 Å². The summed E-state index contributed by atoms with van der Waals surface area (Å²) in [7, 11) is -4.57. The molecule has 0 amide bonds. The van der Waals surface area contributed by atoms with E-state index in [0.29, 0.717) is 0 Å². The normalized spacial score (nSPS) is 28.4. The maximum absolute atomic E-state index is 14.5. The predicted molar refractivity (Wildman–Crippen MR) is 101 cm³/mol. The first-order valence-electron chi connectivity index (χ1n) is 8.86. The van der Waals surface area contributed by atoms with Gasteiger partial charge in [0.25, 0.3) is 0 Å². The molecule has 0 spiro atoms. The van der Waals surface area contributed by atoms with Crippen LogP contribution in [0.5, 0.6) is 0 Å². The minimum atomic E-state index is -3.45. The first-order valence-corrected chi connectivity index (χ1v) is 14.7. The Bertz CT molecular complexity index is 470. The SMILES string of the molecule is CC(C)(C)[Si](C)(C)OC[C@H]1OC(O)C(F)(F)[C@@H]1O[Si](C)(C)C(C)(C)C. The van der Waals surface area contributed by atoms with Crippen LogP contribution in [0.25, 0.3) is 0 Å². The molecule has 150 valence electrons. The van der Waals surface area contributed by atoms with Crippen LogP contribution in [0, 0.1) is 0 Å². The van der Waals surface area contributed by atoms with Crippen molar-refractivity contribution in [3.63, 3.8) is 0 Å². The number of aliphatic hydroxyl groups excluding tert-OH is 1. The molecule has 0 bridgehead atoms. The van der Waals surface area contributed by atoms with E-state index in [-0.39, 0.29) is 16.7 Å². The van der Waals surface area contributed by atoms with Crippen LogP contribution >= 0.6 is 0 Å². The van der Waals surface area contributed by atoms with E-state index in [4.69, 9.17) is 13.6 Å². The van der Waals surface area contributed by atoms with Crippen LogP contribution in [0.15, 0.2) is 0 Å². The summed E-state index contributed by atoms with van der Waals surface area (Å²) in [6, 6.07) is 0. The van der Waals surface area contributed by atoms with Crippen molar-refractivity contribution < 1.29 is 27.5 Å². The quantitative estimate of drug-likeness (QED) is 0.679. The van der Waals surface area contributed by atoms with Gasteiger partial charge in [0.1, 0.15) is 12.2 Å².